The van der Waals surface area contributed by atoms with E-state index in [9.17, 15) is 13.2 Å². The maximum Gasteiger partial charge on any atom is 0.330 e. The van der Waals surface area contributed by atoms with Gasteiger partial charge in [0.2, 0.25) is 10.0 Å². The van der Waals surface area contributed by atoms with Gasteiger partial charge in [0.25, 0.3) is 0 Å². The van der Waals surface area contributed by atoms with Gasteiger partial charge in [-0.15, -0.1) is 0 Å². The van der Waals surface area contributed by atoms with Crippen LogP contribution in [-0.2, 0) is 19.6 Å². The van der Waals surface area contributed by atoms with Crippen LogP contribution >= 0.6 is 0 Å². The van der Waals surface area contributed by atoms with E-state index in [0.29, 0.717) is 18.7 Å². The predicted molar refractivity (Wildman–Crippen MR) is 117 cm³/mol. The van der Waals surface area contributed by atoms with Crippen LogP contribution in [0.25, 0.3) is 23.0 Å². The number of para-hydroxylation sites is 1. The summed E-state index contributed by atoms with van der Waals surface area (Å²) in [5.74, 6) is -0.384. The van der Waals surface area contributed by atoms with Crippen molar-refractivity contribution in [3.8, 4) is 16.9 Å². The first-order valence-corrected chi connectivity index (χ1v) is 11.5. The lowest BCUT2D eigenvalue weighted by atomic mass is 10.1. The van der Waals surface area contributed by atoms with E-state index in [0.717, 1.165) is 16.8 Å². The average molecular weight is 439 g/mol. The number of hydrogen-bond acceptors (Lipinski definition) is 6. The number of sulfonamides is 1. The minimum atomic E-state index is -3.19. The number of nitrogens with zero attached hydrogens (tertiary/aromatic N) is 4. The summed E-state index contributed by atoms with van der Waals surface area (Å²) in [5.41, 5.74) is 3.13. The zero-order valence-corrected chi connectivity index (χ0v) is 17.6. The lowest BCUT2D eigenvalue weighted by molar-refractivity contribution is -0.137. The lowest BCUT2D eigenvalue weighted by Gasteiger charge is -2.13. The molecule has 0 saturated carbocycles. The summed E-state index contributed by atoms with van der Waals surface area (Å²) in [5, 5.41) is 4.66. The van der Waals surface area contributed by atoms with Gasteiger partial charge in [0.15, 0.2) is 0 Å². The van der Waals surface area contributed by atoms with Gasteiger partial charge in [0.1, 0.15) is 12.3 Å². The molecule has 1 saturated heterocycles. The van der Waals surface area contributed by atoms with Crippen LogP contribution in [0.5, 0.6) is 0 Å². The van der Waals surface area contributed by atoms with Gasteiger partial charge in [0.05, 0.1) is 11.4 Å². The number of pyridine rings is 1. The van der Waals surface area contributed by atoms with E-state index >= 15 is 0 Å². The highest BCUT2D eigenvalue weighted by Crippen LogP contribution is 2.24. The topological polar surface area (TPSA) is 94.4 Å². The highest BCUT2D eigenvalue weighted by molar-refractivity contribution is 7.89. The summed E-state index contributed by atoms with van der Waals surface area (Å²) < 4.78 is 31.9. The third-order valence-corrected chi connectivity index (χ3v) is 6.84. The molecular weight excluding hydrogens is 416 g/mol. The van der Waals surface area contributed by atoms with Crippen LogP contribution < -0.4 is 0 Å². The van der Waals surface area contributed by atoms with Crippen molar-refractivity contribution >= 4 is 22.1 Å². The van der Waals surface area contributed by atoms with Crippen LogP contribution in [0.4, 0.5) is 0 Å². The Labute approximate surface area is 180 Å². The van der Waals surface area contributed by atoms with Gasteiger partial charge < -0.3 is 4.74 Å². The smallest absolute Gasteiger partial charge is 0.330 e. The van der Waals surface area contributed by atoms with Gasteiger partial charge in [-0.2, -0.15) is 9.40 Å². The molecule has 0 spiro atoms. The van der Waals surface area contributed by atoms with E-state index in [-0.39, 0.29) is 18.9 Å². The van der Waals surface area contributed by atoms with Crippen LogP contribution in [-0.4, -0.2) is 58.9 Å². The number of ether oxygens (including phenoxy) is 1. The minimum absolute atomic E-state index is 0.0150. The summed E-state index contributed by atoms with van der Waals surface area (Å²) >= 11 is 0. The Kier molecular flexibility index (Phi) is 6.24. The molecule has 0 amide bonds. The quantitative estimate of drug-likeness (QED) is 0.416. The number of aromatic nitrogens is 3. The van der Waals surface area contributed by atoms with Crippen LogP contribution in [0.1, 0.15) is 12.0 Å². The first kappa shape index (κ1) is 21.0. The maximum absolute atomic E-state index is 12.2. The maximum atomic E-state index is 12.2. The van der Waals surface area contributed by atoms with Crippen LogP contribution in [0, 0.1) is 0 Å². The molecule has 1 aliphatic heterocycles. The number of carbonyl (C=O) groups is 1. The summed E-state index contributed by atoms with van der Waals surface area (Å²) in [6.07, 6.45) is 8.81. The first-order valence-electron chi connectivity index (χ1n) is 9.91. The van der Waals surface area contributed by atoms with Gasteiger partial charge in [-0.3, -0.25) is 4.98 Å². The average Bonchev–Trinajstić information content (AvgIpc) is 3.36. The molecule has 0 radical (unpaired) electrons. The van der Waals surface area contributed by atoms with E-state index in [1.54, 1.807) is 23.2 Å². The van der Waals surface area contributed by atoms with Gasteiger partial charge in [0, 0.05) is 48.9 Å². The minimum Gasteiger partial charge on any atom is -0.461 e. The molecule has 31 heavy (non-hydrogen) atoms. The first-order chi connectivity index (χ1) is 15.0. The molecule has 0 bridgehead atoms. The molecule has 8 nitrogen and oxygen atoms in total. The largest absolute Gasteiger partial charge is 0.461 e. The second-order valence-electron chi connectivity index (χ2n) is 7.02. The molecule has 1 aromatic carbocycles. The lowest BCUT2D eigenvalue weighted by Crippen LogP contribution is -2.29. The van der Waals surface area contributed by atoms with Crippen molar-refractivity contribution in [1.29, 1.82) is 0 Å². The zero-order valence-electron chi connectivity index (χ0n) is 16.8. The van der Waals surface area contributed by atoms with E-state index in [4.69, 9.17) is 4.74 Å². The highest BCUT2D eigenvalue weighted by Gasteiger charge is 2.27. The second-order valence-corrected chi connectivity index (χ2v) is 9.11. The number of carbonyl (C=O) groups excluding carboxylic acids is 1. The molecule has 3 aromatic rings. The van der Waals surface area contributed by atoms with Crippen molar-refractivity contribution in [2.45, 2.75) is 6.42 Å². The van der Waals surface area contributed by atoms with E-state index < -0.39 is 16.0 Å². The molecule has 0 aliphatic carbocycles. The SMILES string of the molecule is O=C(/C=C/c1cn(-c2ccccc2)nc1-c1cccnc1)OCCN1CCCS1(=O)=O. The number of benzene rings is 1. The predicted octanol–water partition coefficient (Wildman–Crippen LogP) is 2.53. The molecule has 0 atom stereocenters. The van der Waals surface area contributed by atoms with Gasteiger partial charge in [-0.1, -0.05) is 18.2 Å². The molecule has 3 heterocycles. The number of hydrogen-bond donors (Lipinski definition) is 0. The number of rotatable bonds is 7. The molecule has 9 heteroatoms. The Morgan fingerprint density at radius 3 is 2.71 bits per heavy atom. The van der Waals surface area contributed by atoms with E-state index in [1.807, 2.05) is 48.7 Å². The monoisotopic (exact) mass is 438 g/mol. The molecule has 4 rings (SSSR count). The Balaban J connectivity index is 1.48. The van der Waals surface area contributed by atoms with E-state index in [2.05, 4.69) is 10.1 Å². The Bertz CT molecular complexity index is 1170. The molecular formula is C22H22N4O4S. The van der Waals surface area contributed by atoms with Crippen molar-refractivity contribution in [2.75, 3.05) is 25.4 Å². The van der Waals surface area contributed by atoms with Gasteiger partial charge >= 0.3 is 5.97 Å². The van der Waals surface area contributed by atoms with Crippen LogP contribution in [0.2, 0.25) is 0 Å². The van der Waals surface area contributed by atoms with Crippen LogP contribution in [0.15, 0.2) is 67.1 Å². The van der Waals surface area contributed by atoms with Crippen molar-refractivity contribution in [3.05, 3.63) is 72.7 Å². The number of esters is 1. The summed E-state index contributed by atoms with van der Waals surface area (Å²) in [6.45, 7) is 0.665. The Morgan fingerprint density at radius 2 is 2.00 bits per heavy atom. The molecule has 0 N–H and O–H groups in total. The summed E-state index contributed by atoms with van der Waals surface area (Å²) in [4.78, 5) is 16.3. The molecule has 1 aliphatic rings. The molecule has 160 valence electrons. The van der Waals surface area contributed by atoms with Crippen LogP contribution in [0.3, 0.4) is 0 Å². The van der Waals surface area contributed by atoms with Crippen molar-refractivity contribution in [2.24, 2.45) is 0 Å². The molecule has 1 fully saturated rings. The van der Waals surface area contributed by atoms with Crippen molar-refractivity contribution in [3.63, 3.8) is 0 Å². The normalized spacial score (nSPS) is 16.0. The highest BCUT2D eigenvalue weighted by atomic mass is 32.2. The van der Waals surface area contributed by atoms with Gasteiger partial charge in [-0.05, 0) is 36.8 Å². The molecule has 0 unspecified atom stereocenters. The second kappa shape index (κ2) is 9.23. The zero-order chi connectivity index (χ0) is 21.7. The summed E-state index contributed by atoms with van der Waals surface area (Å²) in [7, 11) is -3.19. The van der Waals surface area contributed by atoms with E-state index in [1.165, 1.54) is 10.4 Å². The van der Waals surface area contributed by atoms with Crippen molar-refractivity contribution in [1.82, 2.24) is 19.1 Å². The fraction of sp³-hybridized carbons (Fsp3) is 0.227. The Hall–Kier alpha value is -3.30. The fourth-order valence-electron chi connectivity index (χ4n) is 3.35. The third-order valence-electron chi connectivity index (χ3n) is 4.89. The third kappa shape index (κ3) is 5.07. The molecule has 2 aromatic heterocycles. The van der Waals surface area contributed by atoms with Crippen molar-refractivity contribution < 1.29 is 17.9 Å². The summed E-state index contributed by atoms with van der Waals surface area (Å²) in [6, 6.07) is 13.4. The Morgan fingerprint density at radius 1 is 1.16 bits per heavy atom. The van der Waals surface area contributed by atoms with Gasteiger partial charge in [-0.25, -0.2) is 17.9 Å². The standard InChI is InChI=1S/C22H22N4O4S/c27-21(30-14-13-25-12-5-15-31(25,28)29)10-9-19-17-26(20-7-2-1-3-8-20)24-22(19)18-6-4-11-23-16-18/h1-4,6-11,16-17H,5,12-15H2/b10-9+. The fourth-order valence-corrected chi connectivity index (χ4v) is 4.86.